The number of aromatic amines is 1. The molecule has 0 amide bonds. The number of ether oxygens (including phenoxy) is 1. The van der Waals surface area contributed by atoms with Gasteiger partial charge in [0.25, 0.3) is 0 Å². The second kappa shape index (κ2) is 4.00. The first-order chi connectivity index (χ1) is 7.65. The monoisotopic (exact) mass is 217 g/mol. The highest BCUT2D eigenvalue weighted by Crippen LogP contribution is 2.25. The zero-order chi connectivity index (χ0) is 11.7. The molecular weight excluding hydrogens is 202 g/mol. The molecule has 1 N–H and O–H groups in total. The summed E-state index contributed by atoms with van der Waals surface area (Å²) in [7, 11) is 0. The van der Waals surface area contributed by atoms with Crippen LogP contribution in [0.3, 0.4) is 0 Å². The fraction of sp³-hybridized carbons (Fsp3) is 0.308. The molecular formula is C13H15NO2. The summed E-state index contributed by atoms with van der Waals surface area (Å²) in [5.41, 5.74) is 3.83. The summed E-state index contributed by atoms with van der Waals surface area (Å²) in [6, 6.07) is 5.64. The molecule has 0 atom stereocenters. The third-order valence-electron chi connectivity index (χ3n) is 2.82. The minimum absolute atomic E-state index is 0.254. The molecule has 0 bridgehead atoms. The summed E-state index contributed by atoms with van der Waals surface area (Å²) < 4.78 is 5.05. The molecule has 1 heterocycles. The van der Waals surface area contributed by atoms with E-state index >= 15 is 0 Å². The van der Waals surface area contributed by atoms with Crippen molar-refractivity contribution in [2.24, 2.45) is 0 Å². The molecule has 1 aromatic carbocycles. The maximum absolute atomic E-state index is 11.8. The summed E-state index contributed by atoms with van der Waals surface area (Å²) in [5, 5.41) is 0.971. The van der Waals surface area contributed by atoms with Crippen LogP contribution in [0.15, 0.2) is 18.2 Å². The highest BCUT2D eigenvalue weighted by atomic mass is 16.5. The number of aryl methyl sites for hydroxylation is 2. The van der Waals surface area contributed by atoms with Gasteiger partial charge < -0.3 is 9.72 Å². The van der Waals surface area contributed by atoms with Gasteiger partial charge in [-0.2, -0.15) is 0 Å². The number of aromatic nitrogens is 1. The number of fused-ring (bicyclic) bond motifs is 1. The molecule has 3 heteroatoms. The van der Waals surface area contributed by atoms with Crippen LogP contribution in [0.4, 0.5) is 0 Å². The van der Waals surface area contributed by atoms with Gasteiger partial charge in [-0.15, -0.1) is 0 Å². The highest BCUT2D eigenvalue weighted by Gasteiger charge is 2.14. The van der Waals surface area contributed by atoms with Gasteiger partial charge in [0.15, 0.2) is 0 Å². The maximum Gasteiger partial charge on any atom is 0.338 e. The van der Waals surface area contributed by atoms with E-state index in [-0.39, 0.29) is 5.97 Å². The average Bonchev–Trinajstić information content (AvgIpc) is 2.55. The number of nitrogens with one attached hydrogen (secondary N) is 1. The van der Waals surface area contributed by atoms with Crippen LogP contribution in [0.5, 0.6) is 0 Å². The van der Waals surface area contributed by atoms with Gasteiger partial charge in [0.1, 0.15) is 0 Å². The highest BCUT2D eigenvalue weighted by molar-refractivity contribution is 6.05. The third-order valence-corrected chi connectivity index (χ3v) is 2.82. The lowest BCUT2D eigenvalue weighted by molar-refractivity contribution is 0.0528. The lowest BCUT2D eigenvalue weighted by Crippen LogP contribution is -2.05. The zero-order valence-electron chi connectivity index (χ0n) is 9.76. The van der Waals surface area contributed by atoms with Crippen molar-refractivity contribution in [3.63, 3.8) is 0 Å². The van der Waals surface area contributed by atoms with Gasteiger partial charge >= 0.3 is 5.97 Å². The zero-order valence-corrected chi connectivity index (χ0v) is 9.76. The van der Waals surface area contributed by atoms with E-state index in [4.69, 9.17) is 4.74 Å². The number of hydrogen-bond acceptors (Lipinski definition) is 2. The van der Waals surface area contributed by atoms with Gasteiger partial charge in [-0.05, 0) is 38.5 Å². The van der Waals surface area contributed by atoms with Crippen molar-refractivity contribution >= 4 is 16.9 Å². The van der Waals surface area contributed by atoms with E-state index in [1.54, 1.807) is 6.07 Å². The van der Waals surface area contributed by atoms with E-state index < -0.39 is 0 Å². The molecule has 16 heavy (non-hydrogen) atoms. The lowest BCUT2D eigenvalue weighted by atomic mass is 10.1. The first-order valence-electron chi connectivity index (χ1n) is 5.40. The molecule has 0 spiro atoms. The van der Waals surface area contributed by atoms with Crippen LogP contribution < -0.4 is 0 Å². The molecule has 84 valence electrons. The molecule has 0 aliphatic heterocycles. The Morgan fingerprint density at radius 1 is 1.38 bits per heavy atom. The van der Waals surface area contributed by atoms with E-state index in [0.29, 0.717) is 12.2 Å². The van der Waals surface area contributed by atoms with Crippen molar-refractivity contribution in [2.45, 2.75) is 20.8 Å². The van der Waals surface area contributed by atoms with Crippen molar-refractivity contribution in [3.05, 3.63) is 35.0 Å². The average molecular weight is 217 g/mol. The lowest BCUT2D eigenvalue weighted by Gasteiger charge is -2.03. The molecule has 1 aromatic heterocycles. The van der Waals surface area contributed by atoms with Crippen molar-refractivity contribution in [1.29, 1.82) is 0 Å². The molecule has 0 aliphatic carbocycles. The van der Waals surface area contributed by atoms with Crippen LogP contribution in [0, 0.1) is 13.8 Å². The number of esters is 1. The Morgan fingerprint density at radius 2 is 2.12 bits per heavy atom. The van der Waals surface area contributed by atoms with E-state index in [9.17, 15) is 4.79 Å². The summed E-state index contributed by atoms with van der Waals surface area (Å²) in [6.45, 7) is 6.23. The molecule has 2 rings (SSSR count). The first-order valence-corrected chi connectivity index (χ1v) is 5.40. The molecule has 2 aromatic rings. The topological polar surface area (TPSA) is 42.1 Å². The Kier molecular flexibility index (Phi) is 2.69. The normalized spacial score (nSPS) is 10.7. The van der Waals surface area contributed by atoms with Crippen molar-refractivity contribution in [2.75, 3.05) is 6.61 Å². The number of carbonyl (C=O) groups excluding carboxylic acids is 1. The SMILES string of the molecule is CCOC(=O)c1cccc2[nH]c(C)c(C)c12. The van der Waals surface area contributed by atoms with Crippen molar-refractivity contribution in [3.8, 4) is 0 Å². The Labute approximate surface area is 94.4 Å². The maximum atomic E-state index is 11.8. The summed E-state index contributed by atoms with van der Waals surface area (Å²) in [6.07, 6.45) is 0. The van der Waals surface area contributed by atoms with E-state index in [1.807, 2.05) is 32.9 Å². The molecule has 0 saturated heterocycles. The van der Waals surface area contributed by atoms with Gasteiger partial charge in [-0.3, -0.25) is 0 Å². The molecule has 3 nitrogen and oxygen atoms in total. The second-order valence-electron chi connectivity index (χ2n) is 3.82. The van der Waals surface area contributed by atoms with E-state index in [2.05, 4.69) is 4.98 Å². The van der Waals surface area contributed by atoms with Gasteiger partial charge in [0, 0.05) is 16.6 Å². The summed E-state index contributed by atoms with van der Waals surface area (Å²) in [4.78, 5) is 15.0. The van der Waals surface area contributed by atoms with Crippen LogP contribution in [0.2, 0.25) is 0 Å². The predicted octanol–water partition coefficient (Wildman–Crippen LogP) is 2.96. The number of carbonyl (C=O) groups is 1. The van der Waals surface area contributed by atoms with Gasteiger partial charge in [0.05, 0.1) is 12.2 Å². The Balaban J connectivity index is 2.65. The number of hydrogen-bond donors (Lipinski definition) is 1. The van der Waals surface area contributed by atoms with Crippen LogP contribution in [0.25, 0.3) is 10.9 Å². The third kappa shape index (κ3) is 1.58. The Hall–Kier alpha value is -1.77. The first kappa shape index (κ1) is 10.7. The molecule has 0 unspecified atom stereocenters. The second-order valence-corrected chi connectivity index (χ2v) is 3.82. The fourth-order valence-corrected chi connectivity index (χ4v) is 1.92. The molecule has 0 radical (unpaired) electrons. The minimum Gasteiger partial charge on any atom is -0.462 e. The summed E-state index contributed by atoms with van der Waals surface area (Å²) >= 11 is 0. The quantitative estimate of drug-likeness (QED) is 0.786. The van der Waals surface area contributed by atoms with Crippen LogP contribution in [-0.4, -0.2) is 17.6 Å². The molecule has 0 saturated carbocycles. The Morgan fingerprint density at radius 3 is 2.81 bits per heavy atom. The standard InChI is InChI=1S/C13H15NO2/c1-4-16-13(15)10-6-5-7-11-12(10)8(2)9(3)14-11/h5-7,14H,4H2,1-3H3. The van der Waals surface area contributed by atoms with E-state index in [1.165, 1.54) is 0 Å². The number of rotatable bonds is 2. The van der Waals surface area contributed by atoms with Gasteiger partial charge in [-0.25, -0.2) is 4.79 Å². The van der Waals surface area contributed by atoms with Crippen LogP contribution >= 0.6 is 0 Å². The Bertz CT molecular complexity index is 540. The number of H-pyrrole nitrogens is 1. The van der Waals surface area contributed by atoms with Crippen LogP contribution in [0.1, 0.15) is 28.5 Å². The number of benzene rings is 1. The molecule has 0 aliphatic rings. The minimum atomic E-state index is -0.254. The fourth-order valence-electron chi connectivity index (χ4n) is 1.92. The van der Waals surface area contributed by atoms with Crippen LogP contribution in [-0.2, 0) is 4.74 Å². The predicted molar refractivity (Wildman–Crippen MR) is 63.7 cm³/mol. The van der Waals surface area contributed by atoms with Crippen molar-refractivity contribution < 1.29 is 9.53 Å². The van der Waals surface area contributed by atoms with E-state index in [0.717, 1.165) is 22.2 Å². The summed E-state index contributed by atoms with van der Waals surface area (Å²) in [5.74, 6) is -0.254. The smallest absolute Gasteiger partial charge is 0.338 e. The van der Waals surface area contributed by atoms with Gasteiger partial charge in [0.2, 0.25) is 0 Å². The largest absolute Gasteiger partial charge is 0.462 e. The van der Waals surface area contributed by atoms with Gasteiger partial charge in [-0.1, -0.05) is 6.07 Å². The molecule has 0 fully saturated rings. The van der Waals surface area contributed by atoms with Crippen molar-refractivity contribution in [1.82, 2.24) is 4.98 Å².